The van der Waals surface area contributed by atoms with Gasteiger partial charge in [0, 0.05) is 25.7 Å². The van der Waals surface area contributed by atoms with Crippen molar-refractivity contribution in [2.75, 3.05) is 25.0 Å². The van der Waals surface area contributed by atoms with Crippen molar-refractivity contribution in [3.8, 4) is 6.07 Å². The highest BCUT2D eigenvalue weighted by Crippen LogP contribution is 2.21. The maximum Gasteiger partial charge on any atom is 0.289 e. The fourth-order valence-electron chi connectivity index (χ4n) is 2.26. The molecule has 1 saturated heterocycles. The van der Waals surface area contributed by atoms with E-state index in [-0.39, 0.29) is 11.3 Å². The van der Waals surface area contributed by atoms with Crippen molar-refractivity contribution in [1.82, 2.24) is 10.3 Å². The molecular weight excluding hydrogens is 246 g/mol. The molecule has 7 heteroatoms. The molecule has 1 unspecified atom stereocenters. The van der Waals surface area contributed by atoms with E-state index in [1.165, 1.54) is 12.3 Å². The molecule has 19 heavy (non-hydrogen) atoms. The third kappa shape index (κ3) is 2.98. The summed E-state index contributed by atoms with van der Waals surface area (Å²) in [6.07, 6.45) is 3.44. The van der Waals surface area contributed by atoms with Crippen LogP contribution in [0, 0.1) is 21.4 Å². The molecule has 1 N–H and O–H groups in total. The normalized spacial score (nSPS) is 18.0. The summed E-state index contributed by atoms with van der Waals surface area (Å²) in [5.74, 6) is 0.488. The zero-order valence-corrected chi connectivity index (χ0v) is 10.7. The average Bonchev–Trinajstić information content (AvgIpc) is 2.90. The van der Waals surface area contributed by atoms with Crippen LogP contribution in [0.15, 0.2) is 12.3 Å². The molecule has 2 heterocycles. The number of nitro groups is 1. The first-order valence-corrected chi connectivity index (χ1v) is 6.11. The Morgan fingerprint density at radius 3 is 3.11 bits per heavy atom. The highest BCUT2D eigenvalue weighted by Gasteiger charge is 2.20. The zero-order valence-electron chi connectivity index (χ0n) is 10.7. The molecule has 0 aromatic carbocycles. The van der Waals surface area contributed by atoms with E-state index < -0.39 is 4.92 Å². The van der Waals surface area contributed by atoms with Crippen LogP contribution < -0.4 is 10.2 Å². The van der Waals surface area contributed by atoms with E-state index in [4.69, 9.17) is 5.26 Å². The highest BCUT2D eigenvalue weighted by molar-refractivity contribution is 5.56. The molecule has 1 aliphatic rings. The summed E-state index contributed by atoms with van der Waals surface area (Å²) >= 11 is 0. The molecule has 100 valence electrons. The van der Waals surface area contributed by atoms with Crippen molar-refractivity contribution >= 4 is 11.5 Å². The lowest BCUT2D eigenvalue weighted by molar-refractivity contribution is -0.385. The van der Waals surface area contributed by atoms with Gasteiger partial charge < -0.3 is 10.2 Å². The summed E-state index contributed by atoms with van der Waals surface area (Å²) in [6.45, 7) is 1.75. The van der Waals surface area contributed by atoms with E-state index in [0.717, 1.165) is 25.9 Å². The summed E-state index contributed by atoms with van der Waals surface area (Å²) in [7, 11) is 1.84. The van der Waals surface area contributed by atoms with Crippen molar-refractivity contribution < 1.29 is 4.92 Å². The van der Waals surface area contributed by atoms with Gasteiger partial charge in [0.1, 0.15) is 23.6 Å². The number of hydrogen-bond donors (Lipinski definition) is 1. The van der Waals surface area contributed by atoms with E-state index in [1.807, 2.05) is 18.0 Å². The predicted octanol–water partition coefficient (Wildman–Crippen LogP) is 1.05. The number of nitrogens with zero attached hydrogens (tertiary/aromatic N) is 4. The monoisotopic (exact) mass is 261 g/mol. The molecule has 1 fully saturated rings. The van der Waals surface area contributed by atoms with Crippen molar-refractivity contribution in [3.63, 3.8) is 0 Å². The Balaban J connectivity index is 2.18. The van der Waals surface area contributed by atoms with E-state index in [2.05, 4.69) is 10.3 Å². The summed E-state index contributed by atoms with van der Waals surface area (Å²) < 4.78 is 0. The van der Waals surface area contributed by atoms with Gasteiger partial charge in [-0.15, -0.1) is 0 Å². The smallest absolute Gasteiger partial charge is 0.289 e. The predicted molar refractivity (Wildman–Crippen MR) is 69.9 cm³/mol. The Labute approximate surface area is 111 Å². The zero-order chi connectivity index (χ0) is 13.8. The van der Waals surface area contributed by atoms with Gasteiger partial charge in [0.15, 0.2) is 0 Å². The topological polar surface area (TPSA) is 95.1 Å². The van der Waals surface area contributed by atoms with E-state index in [1.54, 1.807) is 0 Å². The minimum Gasteiger partial charge on any atom is -0.357 e. The second-order valence-corrected chi connectivity index (χ2v) is 4.61. The summed E-state index contributed by atoms with van der Waals surface area (Å²) in [5.41, 5.74) is 0.0717. The quantitative estimate of drug-likeness (QED) is 0.643. The van der Waals surface area contributed by atoms with Gasteiger partial charge in [-0.05, 0) is 19.4 Å². The van der Waals surface area contributed by atoms with Crippen LogP contribution in [0.2, 0.25) is 0 Å². The Kier molecular flexibility index (Phi) is 3.92. The van der Waals surface area contributed by atoms with Gasteiger partial charge in [-0.2, -0.15) is 5.26 Å². The molecule has 0 saturated carbocycles. The maximum atomic E-state index is 10.7. The molecule has 0 amide bonds. The minimum absolute atomic E-state index is 0.160. The lowest BCUT2D eigenvalue weighted by Crippen LogP contribution is -2.36. The summed E-state index contributed by atoms with van der Waals surface area (Å²) in [5, 5.41) is 23.1. The van der Waals surface area contributed by atoms with E-state index in [0.29, 0.717) is 11.9 Å². The Hall–Kier alpha value is -2.20. The van der Waals surface area contributed by atoms with Gasteiger partial charge in [-0.25, -0.2) is 4.98 Å². The van der Waals surface area contributed by atoms with Crippen molar-refractivity contribution in [2.45, 2.75) is 18.9 Å². The average molecular weight is 261 g/mol. The molecule has 1 aromatic rings. The van der Waals surface area contributed by atoms with Crippen LogP contribution in [0.4, 0.5) is 11.5 Å². The van der Waals surface area contributed by atoms with Gasteiger partial charge in [-0.1, -0.05) is 0 Å². The van der Waals surface area contributed by atoms with E-state index in [9.17, 15) is 10.1 Å². The van der Waals surface area contributed by atoms with Crippen LogP contribution in [0.5, 0.6) is 0 Å². The number of nitrogens with one attached hydrogen (secondary N) is 1. The number of pyridine rings is 1. The number of likely N-dealkylation sites (N-methyl/N-ethyl adjacent to an activating group) is 1. The molecule has 0 aliphatic carbocycles. The summed E-state index contributed by atoms with van der Waals surface area (Å²) in [4.78, 5) is 16.0. The third-order valence-corrected chi connectivity index (χ3v) is 3.20. The standard InChI is InChI=1S/C12H15N5O2/c1-16(8-10-3-2-4-14-10)12-9(6-13)5-11(7-15-12)17(18)19/h5,7,10,14H,2-4,8H2,1H3. The SMILES string of the molecule is CN(CC1CCCN1)c1ncc([N+](=O)[O-])cc1C#N. The molecule has 1 aromatic heterocycles. The van der Waals surface area contributed by atoms with Gasteiger partial charge in [-0.3, -0.25) is 10.1 Å². The largest absolute Gasteiger partial charge is 0.357 e. The first-order valence-electron chi connectivity index (χ1n) is 6.11. The first-order chi connectivity index (χ1) is 9.11. The number of hydrogen-bond acceptors (Lipinski definition) is 6. The highest BCUT2D eigenvalue weighted by atomic mass is 16.6. The van der Waals surface area contributed by atoms with Crippen LogP contribution in [0.1, 0.15) is 18.4 Å². The first kappa shape index (κ1) is 13.2. The van der Waals surface area contributed by atoms with Gasteiger partial charge in [0.05, 0.1) is 4.92 Å². The number of rotatable bonds is 4. The molecule has 0 bridgehead atoms. The number of anilines is 1. The second kappa shape index (κ2) is 5.63. The molecule has 1 atom stereocenters. The molecule has 7 nitrogen and oxygen atoms in total. The molecule has 1 aliphatic heterocycles. The van der Waals surface area contributed by atoms with Crippen molar-refractivity contribution in [2.24, 2.45) is 0 Å². The Morgan fingerprint density at radius 2 is 2.53 bits per heavy atom. The minimum atomic E-state index is -0.545. The molecule has 0 spiro atoms. The molecule has 2 rings (SSSR count). The second-order valence-electron chi connectivity index (χ2n) is 4.61. The maximum absolute atomic E-state index is 10.7. The van der Waals surface area contributed by atoms with Gasteiger partial charge >= 0.3 is 0 Å². The van der Waals surface area contributed by atoms with Crippen LogP contribution >= 0.6 is 0 Å². The van der Waals surface area contributed by atoms with Gasteiger partial charge in [0.2, 0.25) is 0 Å². The molecule has 0 radical (unpaired) electrons. The Morgan fingerprint density at radius 1 is 1.74 bits per heavy atom. The van der Waals surface area contributed by atoms with Crippen molar-refractivity contribution in [1.29, 1.82) is 5.26 Å². The number of nitriles is 1. The lowest BCUT2D eigenvalue weighted by atomic mass is 10.2. The van der Waals surface area contributed by atoms with E-state index >= 15 is 0 Å². The van der Waals surface area contributed by atoms with Crippen LogP contribution in [0.3, 0.4) is 0 Å². The molecular formula is C12H15N5O2. The Bertz CT molecular complexity index is 519. The lowest BCUT2D eigenvalue weighted by Gasteiger charge is -2.22. The summed E-state index contributed by atoms with van der Waals surface area (Å²) in [6, 6.07) is 3.62. The van der Waals surface area contributed by atoms with Gasteiger partial charge in [0.25, 0.3) is 5.69 Å². The fraction of sp³-hybridized carbons (Fsp3) is 0.500. The van der Waals surface area contributed by atoms with Crippen LogP contribution in [0.25, 0.3) is 0 Å². The number of aromatic nitrogens is 1. The third-order valence-electron chi connectivity index (χ3n) is 3.20. The van der Waals surface area contributed by atoms with Crippen LogP contribution in [-0.2, 0) is 0 Å². The fourth-order valence-corrected chi connectivity index (χ4v) is 2.26. The van der Waals surface area contributed by atoms with Crippen molar-refractivity contribution in [3.05, 3.63) is 27.9 Å². The van der Waals surface area contributed by atoms with Crippen LogP contribution in [-0.4, -0.2) is 36.1 Å².